The van der Waals surface area contributed by atoms with E-state index in [1.165, 1.54) is 5.56 Å². The number of nitrogens with one attached hydrogen (secondary N) is 1. The van der Waals surface area contributed by atoms with Crippen LogP contribution >= 0.6 is 0 Å². The van der Waals surface area contributed by atoms with Crippen molar-refractivity contribution in [2.24, 2.45) is 5.92 Å². The van der Waals surface area contributed by atoms with Gasteiger partial charge in [0.1, 0.15) is 0 Å². The molecule has 68 valence electrons. The fourth-order valence-corrected chi connectivity index (χ4v) is 1.44. The molecule has 1 atom stereocenters. The molecule has 12 heavy (non-hydrogen) atoms. The van der Waals surface area contributed by atoms with Gasteiger partial charge in [-0.1, -0.05) is 13.8 Å². The minimum Gasteiger partial charge on any atom is -0.472 e. The van der Waals surface area contributed by atoms with E-state index in [9.17, 15) is 0 Å². The van der Waals surface area contributed by atoms with Gasteiger partial charge in [-0.3, -0.25) is 0 Å². The molecule has 1 N–H and O–H groups in total. The van der Waals surface area contributed by atoms with Gasteiger partial charge in [0.15, 0.2) is 0 Å². The van der Waals surface area contributed by atoms with Crippen LogP contribution in [-0.2, 0) is 0 Å². The van der Waals surface area contributed by atoms with E-state index in [2.05, 4.69) is 19.2 Å². The summed E-state index contributed by atoms with van der Waals surface area (Å²) < 4.78 is 5.06. The summed E-state index contributed by atoms with van der Waals surface area (Å²) in [6.07, 6.45) is 3.57. The summed E-state index contributed by atoms with van der Waals surface area (Å²) in [5.41, 5.74) is 1.29. The van der Waals surface area contributed by atoms with Crippen molar-refractivity contribution >= 4 is 0 Å². The average Bonchev–Trinajstić information content (AvgIpc) is 2.51. The van der Waals surface area contributed by atoms with Crippen LogP contribution in [-0.4, -0.2) is 13.6 Å². The zero-order valence-corrected chi connectivity index (χ0v) is 8.00. The molecule has 2 heteroatoms. The highest BCUT2D eigenvalue weighted by atomic mass is 16.3. The molecule has 1 heterocycles. The Morgan fingerprint density at radius 1 is 1.50 bits per heavy atom. The van der Waals surface area contributed by atoms with Crippen LogP contribution in [0.15, 0.2) is 23.0 Å². The first-order valence-corrected chi connectivity index (χ1v) is 4.42. The first kappa shape index (κ1) is 9.33. The molecule has 0 fully saturated rings. The molecule has 1 aromatic rings. The maximum Gasteiger partial charge on any atom is 0.0937 e. The summed E-state index contributed by atoms with van der Waals surface area (Å²) in [4.78, 5) is 0. The van der Waals surface area contributed by atoms with Gasteiger partial charge in [-0.2, -0.15) is 0 Å². The molecule has 1 rings (SSSR count). The molecular formula is C10H17NO. The van der Waals surface area contributed by atoms with Crippen LogP contribution in [0.3, 0.4) is 0 Å². The largest absolute Gasteiger partial charge is 0.472 e. The van der Waals surface area contributed by atoms with Gasteiger partial charge in [0, 0.05) is 12.5 Å². The third kappa shape index (κ3) is 2.11. The molecule has 0 bridgehead atoms. The Labute approximate surface area is 74.0 Å². The first-order chi connectivity index (χ1) is 5.75. The zero-order valence-electron chi connectivity index (χ0n) is 8.00. The predicted octanol–water partition coefficient (Wildman–Crippen LogP) is 2.24. The van der Waals surface area contributed by atoms with E-state index in [0.717, 1.165) is 6.54 Å². The number of hydrogen-bond donors (Lipinski definition) is 1. The summed E-state index contributed by atoms with van der Waals surface area (Å²) in [6.45, 7) is 5.47. The fourth-order valence-electron chi connectivity index (χ4n) is 1.44. The third-order valence-corrected chi connectivity index (χ3v) is 2.20. The standard InChI is InChI=1S/C10H17NO/c1-8(2)10(6-11-3)9-4-5-12-7-9/h4-5,7-8,10-11H,6H2,1-3H3. The molecule has 2 nitrogen and oxygen atoms in total. The zero-order chi connectivity index (χ0) is 8.97. The highest BCUT2D eigenvalue weighted by Crippen LogP contribution is 2.23. The lowest BCUT2D eigenvalue weighted by Crippen LogP contribution is -2.20. The minimum absolute atomic E-state index is 0.564. The minimum atomic E-state index is 0.564. The monoisotopic (exact) mass is 167 g/mol. The fraction of sp³-hybridized carbons (Fsp3) is 0.600. The topological polar surface area (TPSA) is 25.2 Å². The number of rotatable bonds is 4. The van der Waals surface area contributed by atoms with E-state index in [-0.39, 0.29) is 0 Å². The van der Waals surface area contributed by atoms with Crippen LogP contribution < -0.4 is 5.32 Å². The Hall–Kier alpha value is -0.760. The van der Waals surface area contributed by atoms with Crippen LogP contribution in [0, 0.1) is 5.92 Å². The summed E-state index contributed by atoms with van der Waals surface area (Å²) in [5.74, 6) is 1.21. The van der Waals surface area contributed by atoms with Gasteiger partial charge >= 0.3 is 0 Å². The third-order valence-electron chi connectivity index (χ3n) is 2.20. The molecule has 1 aromatic heterocycles. The molecule has 0 amide bonds. The smallest absolute Gasteiger partial charge is 0.0937 e. The molecule has 0 saturated heterocycles. The molecule has 0 aliphatic rings. The molecule has 0 aliphatic carbocycles. The van der Waals surface area contributed by atoms with E-state index in [0.29, 0.717) is 11.8 Å². The first-order valence-electron chi connectivity index (χ1n) is 4.42. The molecule has 0 aromatic carbocycles. The summed E-state index contributed by atoms with van der Waals surface area (Å²) in [6, 6.07) is 2.04. The van der Waals surface area contributed by atoms with Crippen molar-refractivity contribution in [1.82, 2.24) is 5.32 Å². The van der Waals surface area contributed by atoms with Gasteiger partial charge in [0.2, 0.25) is 0 Å². The van der Waals surface area contributed by atoms with Gasteiger partial charge < -0.3 is 9.73 Å². The number of hydrogen-bond acceptors (Lipinski definition) is 2. The van der Waals surface area contributed by atoms with Gasteiger partial charge in [0.25, 0.3) is 0 Å². The lowest BCUT2D eigenvalue weighted by molar-refractivity contribution is 0.470. The van der Waals surface area contributed by atoms with Gasteiger partial charge in [-0.05, 0) is 24.6 Å². The lowest BCUT2D eigenvalue weighted by Gasteiger charge is -2.18. The highest BCUT2D eigenvalue weighted by Gasteiger charge is 2.15. The SMILES string of the molecule is CNCC(c1ccoc1)C(C)C. The van der Waals surface area contributed by atoms with Crippen molar-refractivity contribution in [1.29, 1.82) is 0 Å². The van der Waals surface area contributed by atoms with Crippen molar-refractivity contribution in [2.45, 2.75) is 19.8 Å². The van der Waals surface area contributed by atoms with Crippen molar-refractivity contribution in [3.8, 4) is 0 Å². The summed E-state index contributed by atoms with van der Waals surface area (Å²) in [5, 5.41) is 3.20. The Balaban J connectivity index is 2.66. The Morgan fingerprint density at radius 3 is 2.67 bits per heavy atom. The van der Waals surface area contributed by atoms with Crippen molar-refractivity contribution in [3.05, 3.63) is 24.2 Å². The van der Waals surface area contributed by atoms with Crippen LogP contribution in [0.25, 0.3) is 0 Å². The van der Waals surface area contributed by atoms with Crippen molar-refractivity contribution in [3.63, 3.8) is 0 Å². The quantitative estimate of drug-likeness (QED) is 0.744. The molecule has 0 saturated carbocycles. The van der Waals surface area contributed by atoms with Crippen LogP contribution in [0.5, 0.6) is 0 Å². The van der Waals surface area contributed by atoms with Crippen molar-refractivity contribution in [2.75, 3.05) is 13.6 Å². The molecule has 0 spiro atoms. The number of furan rings is 1. The summed E-state index contributed by atoms with van der Waals surface area (Å²) >= 11 is 0. The normalized spacial score (nSPS) is 13.7. The molecular weight excluding hydrogens is 150 g/mol. The number of likely N-dealkylation sites (N-methyl/N-ethyl adjacent to an activating group) is 1. The Kier molecular flexibility index (Phi) is 3.35. The molecule has 0 aliphatic heterocycles. The van der Waals surface area contributed by atoms with Gasteiger partial charge in [0.05, 0.1) is 12.5 Å². The lowest BCUT2D eigenvalue weighted by atomic mass is 9.90. The maximum absolute atomic E-state index is 5.06. The Bertz CT molecular complexity index is 204. The van der Waals surface area contributed by atoms with E-state index < -0.39 is 0 Å². The van der Waals surface area contributed by atoms with E-state index in [1.807, 2.05) is 19.4 Å². The molecule has 0 radical (unpaired) electrons. The van der Waals surface area contributed by atoms with E-state index >= 15 is 0 Å². The van der Waals surface area contributed by atoms with E-state index in [1.54, 1.807) is 6.26 Å². The average molecular weight is 167 g/mol. The van der Waals surface area contributed by atoms with Crippen LogP contribution in [0.2, 0.25) is 0 Å². The Morgan fingerprint density at radius 2 is 2.25 bits per heavy atom. The van der Waals surface area contributed by atoms with Crippen LogP contribution in [0.4, 0.5) is 0 Å². The van der Waals surface area contributed by atoms with Crippen molar-refractivity contribution < 1.29 is 4.42 Å². The second-order valence-electron chi connectivity index (χ2n) is 3.46. The maximum atomic E-state index is 5.06. The summed E-state index contributed by atoms with van der Waals surface area (Å²) in [7, 11) is 1.98. The van der Waals surface area contributed by atoms with Gasteiger partial charge in [-0.15, -0.1) is 0 Å². The second kappa shape index (κ2) is 4.31. The predicted molar refractivity (Wildman–Crippen MR) is 50.2 cm³/mol. The van der Waals surface area contributed by atoms with E-state index in [4.69, 9.17) is 4.42 Å². The second-order valence-corrected chi connectivity index (χ2v) is 3.46. The van der Waals surface area contributed by atoms with Crippen LogP contribution in [0.1, 0.15) is 25.3 Å². The van der Waals surface area contributed by atoms with Gasteiger partial charge in [-0.25, -0.2) is 0 Å². The highest BCUT2D eigenvalue weighted by molar-refractivity contribution is 5.13. The molecule has 1 unspecified atom stereocenters.